The minimum atomic E-state index is -1.01. The van der Waals surface area contributed by atoms with E-state index in [1.807, 2.05) is 117 Å². The van der Waals surface area contributed by atoms with Gasteiger partial charge in [0.1, 0.15) is 17.7 Å². The van der Waals surface area contributed by atoms with E-state index < -0.39 is 47.0 Å². The number of nitrogens with zero attached hydrogens (tertiary/aromatic N) is 3. The first-order valence-electron chi connectivity index (χ1n) is 18.6. The fourth-order valence-corrected chi connectivity index (χ4v) is 6.01. The Kier molecular flexibility index (Phi) is 13.4. The average molecular weight is 759 g/mol. The van der Waals surface area contributed by atoms with Crippen LogP contribution in [0.25, 0.3) is 10.8 Å². The minimum Gasteiger partial charge on any atom is -0.444 e. The molecule has 5 rings (SSSR count). The standard InChI is InChI=1S/C44H50N6O6/c1-43(2,3)55-42(54)48-44(4,5)25-15-22-37(51)45-35(28-32-23-24-33-20-13-14-21-34(33)26-32)39(52)46-36(27-30-16-9-7-10-17-30)40-47-38(49-56-40)41(53)50(6)29-31-18-11-8-12-19-31/h7-24,26,35-36H,25,27-29H2,1-6H3,(H,45,51)(H,46,52)(H,48,54)/b22-15+. The molecule has 12 heteroatoms. The second kappa shape index (κ2) is 18.4. The summed E-state index contributed by atoms with van der Waals surface area (Å²) in [7, 11) is 1.65. The summed E-state index contributed by atoms with van der Waals surface area (Å²) >= 11 is 0. The highest BCUT2D eigenvalue weighted by atomic mass is 16.6. The molecular weight excluding hydrogens is 709 g/mol. The van der Waals surface area contributed by atoms with Crippen molar-refractivity contribution in [2.75, 3.05) is 7.05 Å². The van der Waals surface area contributed by atoms with E-state index in [9.17, 15) is 19.2 Å². The van der Waals surface area contributed by atoms with Crippen molar-refractivity contribution in [2.45, 2.75) is 83.6 Å². The summed E-state index contributed by atoms with van der Waals surface area (Å²) in [5.41, 5.74) is 1.29. The van der Waals surface area contributed by atoms with Crippen LogP contribution in [-0.4, -0.2) is 63.1 Å². The Morgan fingerprint density at radius 3 is 2.11 bits per heavy atom. The number of fused-ring (bicyclic) bond motifs is 1. The van der Waals surface area contributed by atoms with Gasteiger partial charge in [0.05, 0.1) is 0 Å². The van der Waals surface area contributed by atoms with E-state index in [0.29, 0.717) is 13.0 Å². The number of carbonyl (C=O) groups excluding carboxylic acids is 4. The second-order valence-corrected chi connectivity index (χ2v) is 15.4. The van der Waals surface area contributed by atoms with Gasteiger partial charge in [0.15, 0.2) is 0 Å². The molecule has 0 fully saturated rings. The highest BCUT2D eigenvalue weighted by molar-refractivity contribution is 5.93. The third-order valence-corrected chi connectivity index (χ3v) is 8.76. The minimum absolute atomic E-state index is 0.0501. The monoisotopic (exact) mass is 758 g/mol. The number of hydrogen-bond donors (Lipinski definition) is 3. The van der Waals surface area contributed by atoms with Gasteiger partial charge in [-0.05, 0) is 74.6 Å². The summed E-state index contributed by atoms with van der Waals surface area (Å²) in [6, 6.07) is 31.0. The lowest BCUT2D eigenvalue weighted by atomic mass is 9.99. The van der Waals surface area contributed by atoms with Crippen LogP contribution < -0.4 is 16.0 Å². The molecule has 0 aliphatic rings. The predicted molar refractivity (Wildman–Crippen MR) is 214 cm³/mol. The van der Waals surface area contributed by atoms with Gasteiger partial charge in [-0.2, -0.15) is 4.98 Å². The van der Waals surface area contributed by atoms with Crippen LogP contribution in [0.3, 0.4) is 0 Å². The van der Waals surface area contributed by atoms with Gasteiger partial charge in [-0.1, -0.05) is 114 Å². The number of benzene rings is 4. The lowest BCUT2D eigenvalue weighted by molar-refractivity contribution is -0.127. The molecule has 0 radical (unpaired) electrons. The van der Waals surface area contributed by atoms with E-state index in [1.54, 1.807) is 33.9 Å². The van der Waals surface area contributed by atoms with Crippen LogP contribution in [0, 0.1) is 0 Å². The summed E-state index contributed by atoms with van der Waals surface area (Å²) in [4.78, 5) is 59.3. The molecule has 2 unspecified atom stereocenters. The number of carbonyl (C=O) groups is 4. The average Bonchev–Trinajstić information content (AvgIpc) is 3.64. The molecule has 56 heavy (non-hydrogen) atoms. The van der Waals surface area contributed by atoms with Gasteiger partial charge >= 0.3 is 6.09 Å². The van der Waals surface area contributed by atoms with Crippen molar-refractivity contribution < 1.29 is 28.4 Å². The fraction of sp³-hybridized carbons (Fsp3) is 0.318. The van der Waals surface area contributed by atoms with Gasteiger partial charge in [0, 0.05) is 32.0 Å². The second-order valence-electron chi connectivity index (χ2n) is 15.4. The zero-order valence-electron chi connectivity index (χ0n) is 32.7. The maximum Gasteiger partial charge on any atom is 0.408 e. The van der Waals surface area contributed by atoms with E-state index in [4.69, 9.17) is 9.26 Å². The Balaban J connectivity index is 1.36. The largest absolute Gasteiger partial charge is 0.444 e. The van der Waals surface area contributed by atoms with Gasteiger partial charge in [-0.25, -0.2) is 4.79 Å². The zero-order chi connectivity index (χ0) is 40.3. The van der Waals surface area contributed by atoms with Crippen molar-refractivity contribution in [3.05, 3.63) is 144 Å². The summed E-state index contributed by atoms with van der Waals surface area (Å²) in [5.74, 6) is -1.51. The molecule has 3 N–H and O–H groups in total. The molecule has 12 nitrogen and oxygen atoms in total. The maximum atomic E-state index is 14.3. The van der Waals surface area contributed by atoms with E-state index in [0.717, 1.165) is 27.5 Å². The number of rotatable bonds is 15. The number of ether oxygens (including phenoxy) is 1. The third-order valence-electron chi connectivity index (χ3n) is 8.76. The van der Waals surface area contributed by atoms with Gasteiger partial charge in [-0.15, -0.1) is 0 Å². The molecule has 0 aliphatic heterocycles. The first kappa shape index (κ1) is 40.9. The molecule has 0 bridgehead atoms. The number of amides is 4. The van der Waals surface area contributed by atoms with Crippen molar-refractivity contribution in [1.82, 2.24) is 31.0 Å². The first-order chi connectivity index (χ1) is 26.6. The highest BCUT2D eigenvalue weighted by Crippen LogP contribution is 2.21. The predicted octanol–water partition coefficient (Wildman–Crippen LogP) is 6.87. The quantitative estimate of drug-likeness (QED) is 0.0978. The molecular formula is C44H50N6O6. The van der Waals surface area contributed by atoms with Crippen LogP contribution in [-0.2, 0) is 33.7 Å². The molecule has 4 amide bonds. The molecule has 1 heterocycles. The highest BCUT2D eigenvalue weighted by Gasteiger charge is 2.29. The Morgan fingerprint density at radius 2 is 1.43 bits per heavy atom. The Labute approximate surface area is 327 Å². The van der Waals surface area contributed by atoms with E-state index in [1.165, 1.54) is 11.0 Å². The number of alkyl carbamates (subject to hydrolysis) is 1. The van der Waals surface area contributed by atoms with Crippen LogP contribution >= 0.6 is 0 Å². The number of aromatic nitrogens is 2. The van der Waals surface area contributed by atoms with Crippen LogP contribution in [0.2, 0.25) is 0 Å². The Hall–Kier alpha value is -6.30. The lowest BCUT2D eigenvalue weighted by Gasteiger charge is -2.27. The Morgan fingerprint density at radius 1 is 0.786 bits per heavy atom. The van der Waals surface area contributed by atoms with Crippen LogP contribution in [0.4, 0.5) is 4.79 Å². The smallest absolute Gasteiger partial charge is 0.408 e. The van der Waals surface area contributed by atoms with E-state index in [2.05, 4.69) is 26.1 Å². The molecule has 4 aromatic carbocycles. The summed E-state index contributed by atoms with van der Waals surface area (Å²) in [5, 5.41) is 14.8. The molecule has 0 saturated carbocycles. The van der Waals surface area contributed by atoms with Crippen molar-refractivity contribution in [3.8, 4) is 0 Å². The van der Waals surface area contributed by atoms with Crippen molar-refractivity contribution in [1.29, 1.82) is 0 Å². The Bertz CT molecular complexity index is 2140. The van der Waals surface area contributed by atoms with Crippen LogP contribution in [0.5, 0.6) is 0 Å². The van der Waals surface area contributed by atoms with Gasteiger partial charge < -0.3 is 30.1 Å². The number of nitrogens with one attached hydrogen (secondary N) is 3. The normalized spacial score (nSPS) is 12.8. The summed E-state index contributed by atoms with van der Waals surface area (Å²) in [6.07, 6.45) is 3.20. The third kappa shape index (κ3) is 12.4. The van der Waals surface area contributed by atoms with Crippen LogP contribution in [0.1, 0.15) is 80.3 Å². The molecule has 2 atom stereocenters. The van der Waals surface area contributed by atoms with Crippen molar-refractivity contribution >= 4 is 34.6 Å². The van der Waals surface area contributed by atoms with Crippen molar-refractivity contribution in [3.63, 3.8) is 0 Å². The fourth-order valence-electron chi connectivity index (χ4n) is 6.01. The molecule has 292 valence electrons. The maximum absolute atomic E-state index is 14.3. The van der Waals surface area contributed by atoms with Gasteiger partial charge in [-0.3, -0.25) is 14.4 Å². The van der Waals surface area contributed by atoms with E-state index >= 15 is 0 Å². The van der Waals surface area contributed by atoms with E-state index in [-0.39, 0.29) is 24.6 Å². The molecule has 0 spiro atoms. The first-order valence-corrected chi connectivity index (χ1v) is 18.6. The molecule has 0 aliphatic carbocycles. The van der Waals surface area contributed by atoms with Gasteiger partial charge in [0.25, 0.3) is 11.7 Å². The van der Waals surface area contributed by atoms with Crippen LogP contribution in [0.15, 0.2) is 120 Å². The molecule has 1 aromatic heterocycles. The number of hydrogen-bond acceptors (Lipinski definition) is 8. The molecule has 5 aromatic rings. The summed E-state index contributed by atoms with van der Waals surface area (Å²) in [6.45, 7) is 9.33. The van der Waals surface area contributed by atoms with Crippen molar-refractivity contribution in [2.24, 2.45) is 0 Å². The summed E-state index contributed by atoms with van der Waals surface area (Å²) < 4.78 is 11.0. The molecule has 0 saturated heterocycles. The zero-order valence-corrected chi connectivity index (χ0v) is 32.7. The van der Waals surface area contributed by atoms with Gasteiger partial charge in [0.2, 0.25) is 17.7 Å². The topological polar surface area (TPSA) is 156 Å². The SMILES string of the molecule is CN(Cc1ccccc1)C(=O)c1noc(C(Cc2ccccc2)NC(=O)C(Cc2ccc3ccccc3c2)NC(=O)/C=C/CC(C)(C)NC(=O)OC(C)(C)C)n1. The lowest BCUT2D eigenvalue weighted by Crippen LogP contribution is -2.49.